The molecule has 0 nitrogen and oxygen atoms in total. The van der Waals surface area contributed by atoms with Crippen LogP contribution < -0.4 is 0 Å². The number of allylic oxidation sites excluding steroid dienone is 1. The maximum absolute atomic E-state index is 3.91. The molecule has 0 radical (unpaired) electrons. The minimum atomic E-state index is 1.14. The summed E-state index contributed by atoms with van der Waals surface area (Å²) in [5, 5.41) is 0. The summed E-state index contributed by atoms with van der Waals surface area (Å²) in [6.45, 7) is 6.00. The van der Waals surface area contributed by atoms with Gasteiger partial charge in [0.2, 0.25) is 0 Å². The predicted molar refractivity (Wildman–Crippen MR) is 66.0 cm³/mol. The van der Waals surface area contributed by atoms with E-state index in [4.69, 9.17) is 0 Å². The molecule has 1 aromatic rings. The molecule has 14 heavy (non-hydrogen) atoms. The Morgan fingerprint density at radius 1 is 1.29 bits per heavy atom. The molecule has 0 atom stereocenters. The summed E-state index contributed by atoms with van der Waals surface area (Å²) >= 11 is 1.79. The molecule has 0 aliphatic carbocycles. The zero-order chi connectivity index (χ0) is 10.4. The SMILES string of the molecule is C=C(C)CCCc1ccc(SC)cc1. The molecule has 1 rings (SSSR count). The lowest BCUT2D eigenvalue weighted by molar-refractivity contribution is 0.813. The summed E-state index contributed by atoms with van der Waals surface area (Å²) in [5.74, 6) is 0. The predicted octanol–water partition coefficient (Wildman–Crippen LogP) is 4.31. The van der Waals surface area contributed by atoms with Crippen molar-refractivity contribution >= 4 is 11.8 Å². The van der Waals surface area contributed by atoms with Crippen LogP contribution in [0.25, 0.3) is 0 Å². The van der Waals surface area contributed by atoms with Gasteiger partial charge in [-0.3, -0.25) is 0 Å². The number of thioether (sulfide) groups is 1. The first-order chi connectivity index (χ1) is 6.72. The van der Waals surface area contributed by atoms with Crippen LogP contribution in [-0.4, -0.2) is 6.26 Å². The van der Waals surface area contributed by atoms with Crippen LogP contribution in [0.4, 0.5) is 0 Å². The van der Waals surface area contributed by atoms with E-state index in [1.54, 1.807) is 11.8 Å². The van der Waals surface area contributed by atoms with Crippen molar-refractivity contribution < 1.29 is 0 Å². The van der Waals surface area contributed by atoms with Gasteiger partial charge in [-0.25, -0.2) is 0 Å². The third-order valence-corrected chi connectivity index (χ3v) is 2.97. The molecule has 1 aromatic carbocycles. The van der Waals surface area contributed by atoms with Gasteiger partial charge in [-0.1, -0.05) is 17.7 Å². The lowest BCUT2D eigenvalue weighted by Gasteiger charge is -2.02. The van der Waals surface area contributed by atoms with Crippen LogP contribution in [0.3, 0.4) is 0 Å². The molecule has 1 heteroatoms. The molecule has 0 unspecified atom stereocenters. The Morgan fingerprint density at radius 2 is 1.93 bits per heavy atom. The highest BCUT2D eigenvalue weighted by molar-refractivity contribution is 7.98. The highest BCUT2D eigenvalue weighted by atomic mass is 32.2. The van der Waals surface area contributed by atoms with E-state index in [1.807, 2.05) is 0 Å². The fraction of sp³-hybridized carbons (Fsp3) is 0.385. The topological polar surface area (TPSA) is 0 Å². The standard InChI is InChI=1S/C13H18S/c1-11(2)5-4-6-12-7-9-13(14-3)10-8-12/h7-10H,1,4-6H2,2-3H3. The van der Waals surface area contributed by atoms with Crippen LogP contribution in [0.1, 0.15) is 25.3 Å². The Bertz CT molecular complexity index is 285. The second-order valence-electron chi connectivity index (χ2n) is 3.66. The van der Waals surface area contributed by atoms with Gasteiger partial charge in [-0.15, -0.1) is 18.3 Å². The first kappa shape index (κ1) is 11.4. The number of hydrogen-bond donors (Lipinski definition) is 0. The van der Waals surface area contributed by atoms with Gasteiger partial charge < -0.3 is 0 Å². The molecular weight excluding hydrogens is 188 g/mol. The highest BCUT2D eigenvalue weighted by Crippen LogP contribution is 2.16. The molecule has 0 saturated carbocycles. The maximum Gasteiger partial charge on any atom is 0.00693 e. The quantitative estimate of drug-likeness (QED) is 0.511. The number of aryl methyl sites for hydroxylation is 1. The van der Waals surface area contributed by atoms with Gasteiger partial charge >= 0.3 is 0 Å². The summed E-state index contributed by atoms with van der Waals surface area (Å²) in [6, 6.07) is 8.84. The van der Waals surface area contributed by atoms with Crippen LogP contribution in [0.5, 0.6) is 0 Å². The highest BCUT2D eigenvalue weighted by Gasteiger charge is 1.94. The molecule has 0 N–H and O–H groups in total. The third-order valence-electron chi connectivity index (χ3n) is 2.23. The van der Waals surface area contributed by atoms with Gasteiger partial charge in [0.25, 0.3) is 0 Å². The fourth-order valence-electron chi connectivity index (χ4n) is 1.39. The van der Waals surface area contributed by atoms with E-state index in [2.05, 4.69) is 44.0 Å². The molecule has 0 bridgehead atoms. The zero-order valence-corrected chi connectivity index (χ0v) is 9.86. The molecule has 0 saturated heterocycles. The minimum Gasteiger partial charge on any atom is -0.130 e. The van der Waals surface area contributed by atoms with E-state index in [1.165, 1.54) is 28.9 Å². The third kappa shape index (κ3) is 4.01. The van der Waals surface area contributed by atoms with Crippen molar-refractivity contribution in [2.24, 2.45) is 0 Å². The Morgan fingerprint density at radius 3 is 2.43 bits per heavy atom. The Balaban J connectivity index is 2.40. The van der Waals surface area contributed by atoms with Crippen molar-refractivity contribution in [3.63, 3.8) is 0 Å². The van der Waals surface area contributed by atoms with Crippen molar-refractivity contribution in [2.75, 3.05) is 6.26 Å². The van der Waals surface area contributed by atoms with Crippen LogP contribution >= 0.6 is 11.8 Å². The molecule has 0 fully saturated rings. The summed E-state index contributed by atoms with van der Waals surface area (Å²) < 4.78 is 0. The monoisotopic (exact) mass is 206 g/mol. The van der Waals surface area contributed by atoms with E-state index in [0.717, 1.165) is 6.42 Å². The summed E-state index contributed by atoms with van der Waals surface area (Å²) in [5.41, 5.74) is 2.72. The van der Waals surface area contributed by atoms with Gasteiger partial charge in [0.1, 0.15) is 0 Å². The van der Waals surface area contributed by atoms with Crippen LogP contribution in [-0.2, 0) is 6.42 Å². The Kier molecular flexibility index (Phi) is 4.81. The van der Waals surface area contributed by atoms with Crippen LogP contribution in [0.15, 0.2) is 41.3 Å². The van der Waals surface area contributed by atoms with E-state index < -0.39 is 0 Å². The molecule has 0 amide bonds. The number of rotatable bonds is 5. The van der Waals surface area contributed by atoms with Crippen molar-refractivity contribution in [1.29, 1.82) is 0 Å². The second kappa shape index (κ2) is 5.92. The van der Waals surface area contributed by atoms with E-state index in [-0.39, 0.29) is 0 Å². The molecule has 76 valence electrons. The normalized spacial score (nSPS) is 10.1. The van der Waals surface area contributed by atoms with Crippen LogP contribution in [0, 0.1) is 0 Å². The van der Waals surface area contributed by atoms with E-state index in [9.17, 15) is 0 Å². The van der Waals surface area contributed by atoms with Crippen molar-refractivity contribution in [1.82, 2.24) is 0 Å². The lowest BCUT2D eigenvalue weighted by atomic mass is 10.1. The van der Waals surface area contributed by atoms with Gasteiger partial charge in [0.05, 0.1) is 0 Å². The van der Waals surface area contributed by atoms with Gasteiger partial charge in [-0.05, 0) is 50.1 Å². The first-order valence-electron chi connectivity index (χ1n) is 4.99. The average molecular weight is 206 g/mol. The van der Waals surface area contributed by atoms with Gasteiger partial charge in [0.15, 0.2) is 0 Å². The molecule has 0 aromatic heterocycles. The molecular formula is C13H18S. The largest absolute Gasteiger partial charge is 0.130 e. The van der Waals surface area contributed by atoms with Gasteiger partial charge in [-0.2, -0.15) is 0 Å². The van der Waals surface area contributed by atoms with Crippen molar-refractivity contribution in [3.05, 3.63) is 42.0 Å². The zero-order valence-electron chi connectivity index (χ0n) is 9.05. The van der Waals surface area contributed by atoms with E-state index in [0.29, 0.717) is 0 Å². The second-order valence-corrected chi connectivity index (χ2v) is 4.54. The maximum atomic E-state index is 3.91. The molecule has 0 heterocycles. The average Bonchev–Trinajstić information content (AvgIpc) is 2.18. The number of hydrogen-bond acceptors (Lipinski definition) is 1. The smallest absolute Gasteiger partial charge is 0.00693 e. The van der Waals surface area contributed by atoms with E-state index >= 15 is 0 Å². The fourth-order valence-corrected chi connectivity index (χ4v) is 1.79. The first-order valence-corrected chi connectivity index (χ1v) is 6.22. The van der Waals surface area contributed by atoms with Crippen molar-refractivity contribution in [2.45, 2.75) is 31.1 Å². The summed E-state index contributed by atoms with van der Waals surface area (Å²) in [4.78, 5) is 1.34. The molecule has 0 aliphatic rings. The van der Waals surface area contributed by atoms with Crippen LogP contribution in [0.2, 0.25) is 0 Å². The summed E-state index contributed by atoms with van der Waals surface area (Å²) in [7, 11) is 0. The van der Waals surface area contributed by atoms with Crippen molar-refractivity contribution in [3.8, 4) is 0 Å². The Labute approximate surface area is 91.4 Å². The summed E-state index contributed by atoms with van der Waals surface area (Å²) in [6.07, 6.45) is 5.63. The number of benzene rings is 1. The molecule has 0 aliphatic heterocycles. The Hall–Kier alpha value is -0.690. The van der Waals surface area contributed by atoms with Gasteiger partial charge in [0, 0.05) is 4.90 Å². The molecule has 0 spiro atoms. The lowest BCUT2D eigenvalue weighted by Crippen LogP contribution is -1.85. The minimum absolute atomic E-state index is 1.14.